The van der Waals surface area contributed by atoms with E-state index in [1.54, 1.807) is 11.3 Å². The largest absolute Gasteiger partial charge is 0.309 e. The van der Waals surface area contributed by atoms with Crippen LogP contribution >= 0.6 is 11.3 Å². The van der Waals surface area contributed by atoms with Crippen LogP contribution in [0, 0.1) is 5.92 Å². The average molecular weight is 411 g/mol. The zero-order valence-electron chi connectivity index (χ0n) is 17.5. The first kappa shape index (κ1) is 20.3. The van der Waals surface area contributed by atoms with Crippen LogP contribution in [-0.4, -0.2) is 53.1 Å². The second kappa shape index (κ2) is 8.78. The van der Waals surface area contributed by atoms with E-state index in [2.05, 4.69) is 43.0 Å². The Hall–Kier alpha value is -2.02. The molecule has 0 bridgehead atoms. The van der Waals surface area contributed by atoms with Crippen molar-refractivity contribution in [3.05, 3.63) is 63.5 Å². The van der Waals surface area contributed by atoms with Gasteiger partial charge >= 0.3 is 0 Å². The fraction of sp³-hybridized carbons (Fsp3) is 0.478. The highest BCUT2D eigenvalue weighted by atomic mass is 32.1. The van der Waals surface area contributed by atoms with Gasteiger partial charge in [0.2, 0.25) is 0 Å². The van der Waals surface area contributed by atoms with Crippen LogP contribution in [0.2, 0.25) is 0 Å². The maximum Gasteiger partial charge on any atom is 0.262 e. The van der Waals surface area contributed by atoms with Crippen LogP contribution in [0.1, 0.15) is 37.2 Å². The predicted octanol–water partition coefficient (Wildman–Crippen LogP) is 3.84. The Kier molecular flexibility index (Phi) is 6.13. The number of thiophene rings is 1. The summed E-state index contributed by atoms with van der Waals surface area (Å²) in [5.74, 6) is 1.60. The zero-order valence-corrected chi connectivity index (χ0v) is 18.4. The van der Waals surface area contributed by atoms with Gasteiger partial charge in [-0.25, -0.2) is 4.98 Å². The first-order valence-corrected chi connectivity index (χ1v) is 11.4. The summed E-state index contributed by atoms with van der Waals surface area (Å²) in [7, 11) is 4.29. The van der Waals surface area contributed by atoms with Gasteiger partial charge in [-0.15, -0.1) is 11.3 Å². The van der Waals surface area contributed by atoms with Gasteiger partial charge in [0.15, 0.2) is 0 Å². The molecule has 1 aliphatic heterocycles. The molecule has 0 saturated carbocycles. The van der Waals surface area contributed by atoms with Crippen LogP contribution in [0.3, 0.4) is 0 Å². The van der Waals surface area contributed by atoms with E-state index < -0.39 is 0 Å². The minimum atomic E-state index is 0.0811. The number of rotatable bonds is 7. The molecule has 1 aliphatic rings. The molecule has 0 radical (unpaired) electrons. The van der Waals surface area contributed by atoms with Crippen molar-refractivity contribution < 1.29 is 0 Å². The smallest absolute Gasteiger partial charge is 0.262 e. The Labute approximate surface area is 176 Å². The third-order valence-corrected chi connectivity index (χ3v) is 6.67. The minimum absolute atomic E-state index is 0.0811. The molecule has 0 amide bonds. The summed E-state index contributed by atoms with van der Waals surface area (Å²) < 4.78 is 1.91. The highest BCUT2D eigenvalue weighted by Crippen LogP contribution is 2.30. The summed E-state index contributed by atoms with van der Waals surface area (Å²) >= 11 is 1.56. The molecule has 0 aliphatic carbocycles. The van der Waals surface area contributed by atoms with Gasteiger partial charge < -0.3 is 4.90 Å². The SMILES string of the molecule is CCC(c1nc2sccc2c(=O)n1Cc1ccccc1)N1CCC(CN(C)C)C1. The van der Waals surface area contributed by atoms with Gasteiger partial charge in [-0.2, -0.15) is 0 Å². The summed E-state index contributed by atoms with van der Waals surface area (Å²) in [5.41, 5.74) is 1.21. The molecular weight excluding hydrogens is 380 g/mol. The van der Waals surface area contributed by atoms with Crippen LogP contribution in [0.25, 0.3) is 10.2 Å². The molecular formula is C23H30N4OS. The third-order valence-electron chi connectivity index (χ3n) is 5.86. The summed E-state index contributed by atoms with van der Waals surface area (Å²) in [6.07, 6.45) is 2.16. The Balaban J connectivity index is 1.72. The van der Waals surface area contributed by atoms with Crippen LogP contribution < -0.4 is 5.56 Å². The molecule has 1 aromatic carbocycles. The number of benzene rings is 1. The second-order valence-corrected chi connectivity index (χ2v) is 9.22. The van der Waals surface area contributed by atoms with Gasteiger partial charge in [-0.05, 0) is 56.4 Å². The predicted molar refractivity (Wildman–Crippen MR) is 121 cm³/mol. The van der Waals surface area contributed by atoms with Crippen molar-refractivity contribution in [2.45, 2.75) is 32.4 Å². The lowest BCUT2D eigenvalue weighted by Gasteiger charge is -2.29. The number of hydrogen-bond acceptors (Lipinski definition) is 5. The van der Waals surface area contributed by atoms with E-state index in [1.165, 1.54) is 6.42 Å². The molecule has 4 rings (SSSR count). The zero-order chi connectivity index (χ0) is 20.4. The van der Waals surface area contributed by atoms with Gasteiger partial charge in [0, 0.05) is 13.1 Å². The fourth-order valence-corrected chi connectivity index (χ4v) is 5.31. The van der Waals surface area contributed by atoms with E-state index in [0.29, 0.717) is 12.5 Å². The summed E-state index contributed by atoms with van der Waals surface area (Å²) in [6, 6.07) is 12.3. The molecule has 2 atom stereocenters. The highest BCUT2D eigenvalue weighted by molar-refractivity contribution is 7.16. The number of fused-ring (bicyclic) bond motifs is 1. The third kappa shape index (κ3) is 4.29. The average Bonchev–Trinajstić information content (AvgIpc) is 3.35. The lowest BCUT2D eigenvalue weighted by Crippen LogP contribution is -2.35. The standard InChI is InChI=1S/C23H30N4OS/c1-4-20(26-12-10-18(15-26)14-25(2)3)21-24-22-19(11-13-29-22)23(28)27(21)16-17-8-6-5-7-9-17/h5-9,11,13,18,20H,4,10,12,14-16H2,1-3H3. The number of hydrogen-bond donors (Lipinski definition) is 0. The molecule has 3 heterocycles. The first-order valence-electron chi connectivity index (χ1n) is 10.5. The van der Waals surface area contributed by atoms with Crippen molar-refractivity contribution in [1.82, 2.24) is 19.4 Å². The summed E-state index contributed by atoms with van der Waals surface area (Å²) in [6.45, 7) is 6.03. The van der Waals surface area contributed by atoms with Crippen molar-refractivity contribution in [3.8, 4) is 0 Å². The maximum atomic E-state index is 13.4. The van der Waals surface area contributed by atoms with Gasteiger partial charge in [0.25, 0.3) is 5.56 Å². The van der Waals surface area contributed by atoms with E-state index in [-0.39, 0.29) is 11.6 Å². The molecule has 2 unspecified atom stereocenters. The van der Waals surface area contributed by atoms with Crippen molar-refractivity contribution >= 4 is 21.6 Å². The molecule has 29 heavy (non-hydrogen) atoms. The Bertz CT molecular complexity index is 1010. The van der Waals surface area contributed by atoms with Gasteiger partial charge in [0.05, 0.1) is 18.0 Å². The Morgan fingerprint density at radius 2 is 2.03 bits per heavy atom. The Morgan fingerprint density at radius 1 is 1.24 bits per heavy atom. The monoisotopic (exact) mass is 410 g/mol. The maximum absolute atomic E-state index is 13.4. The molecule has 3 aromatic rings. The molecule has 0 N–H and O–H groups in total. The summed E-state index contributed by atoms with van der Waals surface area (Å²) in [4.78, 5) is 24.1. The molecule has 6 heteroatoms. The second-order valence-electron chi connectivity index (χ2n) is 8.32. The Morgan fingerprint density at radius 3 is 2.76 bits per heavy atom. The van der Waals surface area contributed by atoms with Gasteiger partial charge in [0.1, 0.15) is 10.7 Å². The number of aromatic nitrogens is 2. The van der Waals surface area contributed by atoms with Crippen LogP contribution in [-0.2, 0) is 6.54 Å². The van der Waals surface area contributed by atoms with E-state index in [4.69, 9.17) is 4.98 Å². The van der Waals surface area contributed by atoms with Crippen LogP contribution in [0.15, 0.2) is 46.6 Å². The topological polar surface area (TPSA) is 41.4 Å². The lowest BCUT2D eigenvalue weighted by atomic mass is 10.1. The number of nitrogens with zero attached hydrogens (tertiary/aromatic N) is 4. The molecule has 1 fully saturated rings. The van der Waals surface area contributed by atoms with Crippen molar-refractivity contribution in [1.29, 1.82) is 0 Å². The van der Waals surface area contributed by atoms with Gasteiger partial charge in [-0.1, -0.05) is 37.3 Å². The van der Waals surface area contributed by atoms with E-state index in [9.17, 15) is 4.79 Å². The van der Waals surface area contributed by atoms with Crippen molar-refractivity contribution in [2.75, 3.05) is 33.7 Å². The van der Waals surface area contributed by atoms with E-state index in [1.807, 2.05) is 34.2 Å². The van der Waals surface area contributed by atoms with Gasteiger partial charge in [-0.3, -0.25) is 14.3 Å². The van der Waals surface area contributed by atoms with E-state index >= 15 is 0 Å². The molecule has 0 spiro atoms. The highest BCUT2D eigenvalue weighted by Gasteiger charge is 2.31. The molecule has 2 aromatic heterocycles. The normalized spacial score (nSPS) is 18.7. The number of likely N-dealkylation sites (tertiary alicyclic amines) is 1. The fourth-order valence-electron chi connectivity index (χ4n) is 4.55. The minimum Gasteiger partial charge on any atom is -0.309 e. The van der Waals surface area contributed by atoms with Crippen LogP contribution in [0.5, 0.6) is 0 Å². The van der Waals surface area contributed by atoms with E-state index in [0.717, 1.165) is 47.7 Å². The van der Waals surface area contributed by atoms with Crippen molar-refractivity contribution in [3.63, 3.8) is 0 Å². The molecule has 1 saturated heterocycles. The van der Waals surface area contributed by atoms with Crippen molar-refractivity contribution in [2.24, 2.45) is 5.92 Å². The lowest BCUT2D eigenvalue weighted by molar-refractivity contribution is 0.208. The quantitative estimate of drug-likeness (QED) is 0.593. The molecule has 154 valence electrons. The summed E-state index contributed by atoms with van der Waals surface area (Å²) in [5, 5.41) is 2.70. The molecule has 5 nitrogen and oxygen atoms in total. The van der Waals surface area contributed by atoms with Crippen LogP contribution in [0.4, 0.5) is 0 Å². The first-order chi connectivity index (χ1) is 14.1.